The minimum atomic E-state index is -0.144. The molecule has 0 fully saturated rings. The molecule has 0 unspecified atom stereocenters. The molecule has 18 heavy (non-hydrogen) atoms. The summed E-state index contributed by atoms with van der Waals surface area (Å²) in [7, 11) is 0. The molecule has 1 aromatic heterocycles. The van der Waals surface area contributed by atoms with Gasteiger partial charge in [0.25, 0.3) is 0 Å². The van der Waals surface area contributed by atoms with Crippen molar-refractivity contribution < 1.29 is 4.74 Å². The lowest BCUT2D eigenvalue weighted by atomic mass is 9.98. The number of nitrogens with two attached hydrogens (primary N) is 1. The predicted octanol–water partition coefficient (Wildman–Crippen LogP) is 2.84. The Kier molecular flexibility index (Phi) is 3.95. The maximum atomic E-state index is 6.26. The van der Waals surface area contributed by atoms with Gasteiger partial charge >= 0.3 is 0 Å². The molecule has 0 aliphatic rings. The Morgan fingerprint density at radius 1 is 1.28 bits per heavy atom. The van der Waals surface area contributed by atoms with Gasteiger partial charge in [-0.15, -0.1) is 0 Å². The predicted molar refractivity (Wildman–Crippen MR) is 72.6 cm³/mol. The summed E-state index contributed by atoms with van der Waals surface area (Å²) in [5, 5.41) is 0. The smallest absolute Gasteiger partial charge is 0.213 e. The molecule has 1 heterocycles. The first-order valence-corrected chi connectivity index (χ1v) is 6.12. The van der Waals surface area contributed by atoms with Crippen LogP contribution in [0.3, 0.4) is 0 Å². The molecule has 3 heteroatoms. The van der Waals surface area contributed by atoms with Crippen molar-refractivity contribution in [2.24, 2.45) is 5.73 Å². The van der Waals surface area contributed by atoms with Crippen LogP contribution in [-0.4, -0.2) is 11.6 Å². The summed E-state index contributed by atoms with van der Waals surface area (Å²) in [6, 6.07) is 11.8. The van der Waals surface area contributed by atoms with E-state index >= 15 is 0 Å². The van der Waals surface area contributed by atoms with Crippen LogP contribution in [0.2, 0.25) is 0 Å². The number of nitrogens with zero attached hydrogens (tertiary/aromatic N) is 1. The zero-order valence-electron chi connectivity index (χ0n) is 10.8. The monoisotopic (exact) mass is 242 g/mol. The lowest BCUT2D eigenvalue weighted by molar-refractivity contribution is 0.326. The van der Waals surface area contributed by atoms with Crippen molar-refractivity contribution in [3.63, 3.8) is 0 Å². The molecule has 3 nitrogen and oxygen atoms in total. The van der Waals surface area contributed by atoms with Crippen molar-refractivity contribution in [3.05, 3.63) is 59.3 Å². The summed E-state index contributed by atoms with van der Waals surface area (Å²) in [4.78, 5) is 4.27. The minimum Gasteiger partial charge on any atom is -0.478 e. The summed E-state index contributed by atoms with van der Waals surface area (Å²) >= 11 is 0. The van der Waals surface area contributed by atoms with Crippen LogP contribution >= 0.6 is 0 Å². The van der Waals surface area contributed by atoms with Gasteiger partial charge in [-0.1, -0.05) is 30.3 Å². The number of aryl methyl sites for hydroxylation is 1. The van der Waals surface area contributed by atoms with Crippen molar-refractivity contribution in [1.29, 1.82) is 0 Å². The van der Waals surface area contributed by atoms with Crippen LogP contribution in [0.4, 0.5) is 0 Å². The highest BCUT2D eigenvalue weighted by Crippen LogP contribution is 2.23. The van der Waals surface area contributed by atoms with Gasteiger partial charge in [-0.05, 0) is 30.5 Å². The maximum Gasteiger partial charge on any atom is 0.213 e. The molecule has 0 aliphatic heterocycles. The van der Waals surface area contributed by atoms with Gasteiger partial charge in [0.2, 0.25) is 5.88 Å². The molecular weight excluding hydrogens is 224 g/mol. The molecule has 2 rings (SSSR count). The number of benzene rings is 1. The van der Waals surface area contributed by atoms with Crippen molar-refractivity contribution in [2.45, 2.75) is 19.9 Å². The topological polar surface area (TPSA) is 48.1 Å². The number of aromatic nitrogens is 1. The van der Waals surface area contributed by atoms with E-state index in [2.05, 4.69) is 4.98 Å². The summed E-state index contributed by atoms with van der Waals surface area (Å²) < 4.78 is 5.38. The highest BCUT2D eigenvalue weighted by molar-refractivity contribution is 5.36. The average molecular weight is 242 g/mol. The molecule has 1 aromatic carbocycles. The van der Waals surface area contributed by atoms with E-state index in [-0.39, 0.29) is 6.04 Å². The van der Waals surface area contributed by atoms with Gasteiger partial charge in [0.1, 0.15) is 0 Å². The Labute approximate surface area is 108 Å². The van der Waals surface area contributed by atoms with E-state index in [0.717, 1.165) is 16.7 Å². The zero-order valence-corrected chi connectivity index (χ0v) is 10.8. The van der Waals surface area contributed by atoms with Gasteiger partial charge < -0.3 is 10.5 Å². The van der Waals surface area contributed by atoms with Gasteiger partial charge in [-0.25, -0.2) is 4.98 Å². The third-order valence-corrected chi connectivity index (χ3v) is 2.91. The van der Waals surface area contributed by atoms with Crippen LogP contribution in [0.25, 0.3) is 0 Å². The standard InChI is InChI=1S/C15H18N2O/c1-3-18-14-9-11(2)13(10-17-14)15(16)12-7-5-4-6-8-12/h4-10,15H,3,16H2,1-2H3/t15-/m1/s1. The third-order valence-electron chi connectivity index (χ3n) is 2.91. The van der Waals surface area contributed by atoms with E-state index in [4.69, 9.17) is 10.5 Å². The summed E-state index contributed by atoms with van der Waals surface area (Å²) in [6.07, 6.45) is 1.80. The molecule has 0 spiro atoms. The molecule has 0 radical (unpaired) electrons. The first-order valence-electron chi connectivity index (χ1n) is 6.12. The van der Waals surface area contributed by atoms with Crippen molar-refractivity contribution in [1.82, 2.24) is 4.98 Å². The van der Waals surface area contributed by atoms with Crippen LogP contribution < -0.4 is 10.5 Å². The van der Waals surface area contributed by atoms with Crippen LogP contribution in [0.15, 0.2) is 42.6 Å². The van der Waals surface area contributed by atoms with E-state index in [9.17, 15) is 0 Å². The number of rotatable bonds is 4. The Morgan fingerprint density at radius 3 is 2.61 bits per heavy atom. The van der Waals surface area contributed by atoms with Crippen molar-refractivity contribution in [2.75, 3.05) is 6.61 Å². The third kappa shape index (κ3) is 2.68. The highest BCUT2D eigenvalue weighted by Gasteiger charge is 2.12. The van der Waals surface area contributed by atoms with Crippen LogP contribution in [-0.2, 0) is 0 Å². The molecule has 0 saturated carbocycles. The van der Waals surface area contributed by atoms with E-state index in [0.29, 0.717) is 12.5 Å². The zero-order chi connectivity index (χ0) is 13.0. The molecule has 2 N–H and O–H groups in total. The Hall–Kier alpha value is -1.87. The SMILES string of the molecule is CCOc1cc(C)c([C@H](N)c2ccccc2)cn1. The lowest BCUT2D eigenvalue weighted by Gasteiger charge is -2.15. The van der Waals surface area contributed by atoms with Gasteiger partial charge in [0.15, 0.2) is 0 Å². The number of ether oxygens (including phenoxy) is 1. The Balaban J connectivity index is 2.28. The highest BCUT2D eigenvalue weighted by atomic mass is 16.5. The van der Waals surface area contributed by atoms with Crippen LogP contribution in [0.1, 0.15) is 29.7 Å². The average Bonchev–Trinajstić information content (AvgIpc) is 2.40. The van der Waals surface area contributed by atoms with Crippen LogP contribution in [0, 0.1) is 6.92 Å². The second-order valence-corrected chi connectivity index (χ2v) is 4.20. The number of hydrogen-bond acceptors (Lipinski definition) is 3. The first kappa shape index (κ1) is 12.6. The fraction of sp³-hybridized carbons (Fsp3) is 0.267. The van der Waals surface area contributed by atoms with Crippen LogP contribution in [0.5, 0.6) is 5.88 Å². The molecule has 0 amide bonds. The summed E-state index contributed by atoms with van der Waals surface area (Å²) in [5.74, 6) is 0.652. The van der Waals surface area contributed by atoms with Crippen molar-refractivity contribution in [3.8, 4) is 5.88 Å². The molecule has 0 saturated heterocycles. The van der Waals surface area contributed by atoms with E-state index in [1.165, 1.54) is 0 Å². The Bertz CT molecular complexity index is 511. The van der Waals surface area contributed by atoms with Gasteiger partial charge in [0, 0.05) is 12.3 Å². The summed E-state index contributed by atoms with van der Waals surface area (Å²) in [5.41, 5.74) is 9.48. The number of pyridine rings is 1. The normalized spacial score (nSPS) is 12.2. The van der Waals surface area contributed by atoms with E-state index < -0.39 is 0 Å². The molecule has 0 aliphatic carbocycles. The fourth-order valence-electron chi connectivity index (χ4n) is 1.93. The quantitative estimate of drug-likeness (QED) is 0.896. The Morgan fingerprint density at radius 2 is 2.00 bits per heavy atom. The molecule has 2 aromatic rings. The van der Waals surface area contributed by atoms with Gasteiger partial charge in [0.05, 0.1) is 12.6 Å². The molecule has 94 valence electrons. The molecule has 0 bridgehead atoms. The minimum absolute atomic E-state index is 0.144. The summed E-state index contributed by atoms with van der Waals surface area (Å²) in [6.45, 7) is 4.60. The second kappa shape index (κ2) is 5.65. The molecular formula is C15H18N2O. The maximum absolute atomic E-state index is 6.26. The molecule has 1 atom stereocenters. The first-order chi connectivity index (χ1) is 8.72. The van der Waals surface area contributed by atoms with Crippen molar-refractivity contribution >= 4 is 0 Å². The van der Waals surface area contributed by atoms with E-state index in [1.54, 1.807) is 6.20 Å². The fourth-order valence-corrected chi connectivity index (χ4v) is 1.93. The lowest BCUT2D eigenvalue weighted by Crippen LogP contribution is -2.13. The second-order valence-electron chi connectivity index (χ2n) is 4.20. The van der Waals surface area contributed by atoms with E-state index in [1.807, 2.05) is 50.2 Å². The van der Waals surface area contributed by atoms with Gasteiger partial charge in [-0.3, -0.25) is 0 Å². The largest absolute Gasteiger partial charge is 0.478 e. The number of hydrogen-bond donors (Lipinski definition) is 1. The van der Waals surface area contributed by atoms with Gasteiger partial charge in [-0.2, -0.15) is 0 Å².